The zero-order chi connectivity index (χ0) is 15.0. The summed E-state index contributed by atoms with van der Waals surface area (Å²) >= 11 is 12.0. The van der Waals surface area contributed by atoms with Gasteiger partial charge in [-0.3, -0.25) is 4.79 Å². The Morgan fingerprint density at radius 3 is 2.67 bits per heavy atom. The lowest BCUT2D eigenvalue weighted by Gasteiger charge is -2.34. The van der Waals surface area contributed by atoms with Crippen LogP contribution >= 0.6 is 23.2 Å². The number of hydrogen-bond acceptors (Lipinski definition) is 3. The second kappa shape index (κ2) is 6.16. The Hall–Kier alpha value is -0.750. The number of amides is 1. The Bertz CT molecular complexity index is 541. The molecule has 116 valence electrons. The first-order valence-corrected chi connectivity index (χ1v) is 7.86. The van der Waals surface area contributed by atoms with Gasteiger partial charge in [0, 0.05) is 26.1 Å². The molecule has 2 aliphatic rings. The molecule has 7 heteroatoms. The fraction of sp³-hybridized carbons (Fsp3) is 0.643. The summed E-state index contributed by atoms with van der Waals surface area (Å²) in [7, 11) is 1.74. The van der Waals surface area contributed by atoms with Gasteiger partial charge in [-0.25, -0.2) is 0 Å². The molecule has 0 radical (unpaired) electrons. The van der Waals surface area contributed by atoms with Gasteiger partial charge >= 0.3 is 0 Å². The van der Waals surface area contributed by atoms with Gasteiger partial charge in [-0.15, -0.1) is 0 Å². The van der Waals surface area contributed by atoms with Crippen LogP contribution in [0.1, 0.15) is 23.3 Å². The van der Waals surface area contributed by atoms with Crippen molar-refractivity contribution < 1.29 is 14.3 Å². The average Bonchev–Trinajstić information content (AvgIpc) is 3.12. The molecule has 0 aromatic carbocycles. The fourth-order valence-electron chi connectivity index (χ4n) is 2.97. The third-order valence-corrected chi connectivity index (χ3v) is 4.95. The highest BCUT2D eigenvalue weighted by Gasteiger charge is 2.33. The van der Waals surface area contributed by atoms with Gasteiger partial charge in [0.05, 0.1) is 18.2 Å². The van der Waals surface area contributed by atoms with Crippen molar-refractivity contribution in [1.82, 2.24) is 9.47 Å². The number of nitrogens with zero attached hydrogens (tertiary/aromatic N) is 2. The molecular formula is C14H18Cl2N2O3. The fourth-order valence-corrected chi connectivity index (χ4v) is 3.35. The topological polar surface area (TPSA) is 43.7 Å². The molecule has 0 saturated carbocycles. The highest BCUT2D eigenvalue weighted by molar-refractivity contribution is 6.41. The highest BCUT2D eigenvalue weighted by atomic mass is 35.5. The molecule has 0 N–H and O–H groups in total. The number of hydrogen-bond donors (Lipinski definition) is 0. The van der Waals surface area contributed by atoms with Crippen LogP contribution in [0.5, 0.6) is 0 Å². The lowest BCUT2D eigenvalue weighted by molar-refractivity contribution is -0.0969. The van der Waals surface area contributed by atoms with Gasteiger partial charge in [0.15, 0.2) is 6.29 Å². The van der Waals surface area contributed by atoms with Crippen LogP contribution in [0.15, 0.2) is 6.07 Å². The molecule has 5 nitrogen and oxygen atoms in total. The summed E-state index contributed by atoms with van der Waals surface area (Å²) in [5.74, 6) is 0.186. The predicted molar refractivity (Wildman–Crippen MR) is 79.8 cm³/mol. The van der Waals surface area contributed by atoms with E-state index in [2.05, 4.69) is 0 Å². The summed E-state index contributed by atoms with van der Waals surface area (Å²) in [6.45, 7) is 2.66. The largest absolute Gasteiger partial charge is 0.350 e. The van der Waals surface area contributed by atoms with Crippen molar-refractivity contribution in [1.29, 1.82) is 0 Å². The molecular weight excluding hydrogens is 315 g/mol. The molecule has 0 spiro atoms. The van der Waals surface area contributed by atoms with Crippen molar-refractivity contribution in [2.24, 2.45) is 13.0 Å². The van der Waals surface area contributed by atoms with E-state index in [1.165, 1.54) is 0 Å². The summed E-state index contributed by atoms with van der Waals surface area (Å²) in [4.78, 5) is 14.5. The minimum Gasteiger partial charge on any atom is -0.350 e. The third kappa shape index (κ3) is 2.93. The Morgan fingerprint density at radius 2 is 2.05 bits per heavy atom. The smallest absolute Gasteiger partial charge is 0.270 e. The zero-order valence-corrected chi connectivity index (χ0v) is 13.4. The molecule has 1 amide bonds. The molecule has 0 aliphatic carbocycles. The maximum atomic E-state index is 12.7. The van der Waals surface area contributed by atoms with Crippen molar-refractivity contribution in [3.05, 3.63) is 21.9 Å². The van der Waals surface area contributed by atoms with E-state index in [9.17, 15) is 4.79 Å². The number of likely N-dealkylation sites (tertiary alicyclic amines) is 1. The van der Waals surface area contributed by atoms with Gasteiger partial charge < -0.3 is 18.9 Å². The Labute approximate surface area is 133 Å². The minimum atomic E-state index is -0.179. The number of halogens is 2. The molecule has 1 aromatic rings. The van der Waals surface area contributed by atoms with E-state index in [1.54, 1.807) is 17.7 Å². The van der Waals surface area contributed by atoms with Crippen LogP contribution in [0.2, 0.25) is 10.2 Å². The molecule has 0 bridgehead atoms. The van der Waals surface area contributed by atoms with Gasteiger partial charge in [-0.1, -0.05) is 23.2 Å². The molecule has 1 unspecified atom stereocenters. The summed E-state index contributed by atoms with van der Waals surface area (Å²) < 4.78 is 12.8. The Morgan fingerprint density at radius 1 is 1.33 bits per heavy atom. The number of rotatable bonds is 2. The van der Waals surface area contributed by atoms with Crippen molar-refractivity contribution >= 4 is 29.1 Å². The van der Waals surface area contributed by atoms with E-state index in [-0.39, 0.29) is 18.1 Å². The lowest BCUT2D eigenvalue weighted by atomic mass is 9.97. The quantitative estimate of drug-likeness (QED) is 0.835. The maximum absolute atomic E-state index is 12.7. The first-order valence-electron chi connectivity index (χ1n) is 7.11. The summed E-state index contributed by atoms with van der Waals surface area (Å²) in [5, 5.41) is 0.787. The van der Waals surface area contributed by atoms with Gasteiger partial charge in [0.25, 0.3) is 5.91 Å². The Kier molecular flexibility index (Phi) is 4.45. The van der Waals surface area contributed by atoms with Crippen LogP contribution in [-0.2, 0) is 16.5 Å². The van der Waals surface area contributed by atoms with E-state index in [4.69, 9.17) is 32.7 Å². The second-order valence-corrected chi connectivity index (χ2v) is 6.26. The highest BCUT2D eigenvalue weighted by Crippen LogP contribution is 2.29. The van der Waals surface area contributed by atoms with Gasteiger partial charge in [0.1, 0.15) is 10.8 Å². The van der Waals surface area contributed by atoms with Gasteiger partial charge in [-0.2, -0.15) is 0 Å². The maximum Gasteiger partial charge on any atom is 0.270 e. The minimum absolute atomic E-state index is 0.0472. The van der Waals surface area contributed by atoms with Crippen LogP contribution in [0.25, 0.3) is 0 Å². The average molecular weight is 333 g/mol. The third-order valence-electron chi connectivity index (χ3n) is 4.11. The summed E-state index contributed by atoms with van der Waals surface area (Å²) in [6, 6.07) is 1.62. The number of carbonyl (C=O) groups is 1. The van der Waals surface area contributed by atoms with E-state index in [1.807, 2.05) is 4.90 Å². The molecule has 2 aliphatic heterocycles. The first kappa shape index (κ1) is 15.2. The molecule has 1 aromatic heterocycles. The van der Waals surface area contributed by atoms with Crippen molar-refractivity contribution in [2.75, 3.05) is 26.3 Å². The molecule has 2 fully saturated rings. The molecule has 3 rings (SSSR count). The second-order valence-electron chi connectivity index (χ2n) is 5.49. The van der Waals surface area contributed by atoms with Gasteiger partial charge in [0.2, 0.25) is 0 Å². The number of piperidine rings is 1. The van der Waals surface area contributed by atoms with Crippen molar-refractivity contribution in [3.63, 3.8) is 0 Å². The standard InChI is InChI=1S/C14H18Cl2N2O3/c1-17-11(7-10(15)12(17)16)13(19)18-4-2-3-9(8-18)14-20-5-6-21-14/h7,9,14H,2-6,8H2,1H3. The molecule has 3 heterocycles. The number of carbonyl (C=O) groups excluding carboxylic acids is 1. The molecule has 1 atom stereocenters. The molecule has 2 saturated heterocycles. The SMILES string of the molecule is Cn1c(C(=O)N2CCCC(C3OCCO3)C2)cc(Cl)c1Cl. The monoisotopic (exact) mass is 332 g/mol. The van der Waals surface area contributed by atoms with E-state index in [0.29, 0.717) is 35.6 Å². The van der Waals surface area contributed by atoms with Crippen LogP contribution in [0, 0.1) is 5.92 Å². The van der Waals surface area contributed by atoms with Gasteiger partial charge in [-0.05, 0) is 18.9 Å². The van der Waals surface area contributed by atoms with Crippen LogP contribution in [-0.4, -0.2) is 48.0 Å². The van der Waals surface area contributed by atoms with Crippen LogP contribution in [0.4, 0.5) is 0 Å². The number of ether oxygens (including phenoxy) is 2. The van der Waals surface area contributed by atoms with Crippen LogP contribution < -0.4 is 0 Å². The summed E-state index contributed by atoms with van der Waals surface area (Å²) in [6.07, 6.45) is 1.79. The predicted octanol–water partition coefficient (Wildman–Crippen LogP) is 2.56. The molecule has 21 heavy (non-hydrogen) atoms. The first-order chi connectivity index (χ1) is 10.1. The van der Waals surface area contributed by atoms with Crippen molar-refractivity contribution in [3.8, 4) is 0 Å². The van der Waals surface area contributed by atoms with E-state index >= 15 is 0 Å². The number of aromatic nitrogens is 1. The summed E-state index contributed by atoms with van der Waals surface area (Å²) in [5.41, 5.74) is 0.513. The Balaban J connectivity index is 1.73. The lowest BCUT2D eigenvalue weighted by Crippen LogP contribution is -2.44. The zero-order valence-electron chi connectivity index (χ0n) is 11.8. The van der Waals surface area contributed by atoms with E-state index < -0.39 is 0 Å². The van der Waals surface area contributed by atoms with Crippen LogP contribution in [0.3, 0.4) is 0 Å². The van der Waals surface area contributed by atoms with Crippen molar-refractivity contribution in [2.45, 2.75) is 19.1 Å². The normalized spacial score (nSPS) is 23.8. The van der Waals surface area contributed by atoms with E-state index in [0.717, 1.165) is 19.4 Å².